The van der Waals surface area contributed by atoms with Gasteiger partial charge >= 0.3 is 0 Å². The molecule has 0 aliphatic heterocycles. The minimum atomic E-state index is -0.249. The second kappa shape index (κ2) is 23.1. The van der Waals surface area contributed by atoms with Crippen LogP contribution >= 0.6 is 0 Å². The maximum Gasteiger partial charge on any atom is 0.164 e. The van der Waals surface area contributed by atoms with Crippen LogP contribution in [-0.2, 0) is 21.7 Å². The second-order valence-electron chi connectivity index (χ2n) is 27.8. The largest absolute Gasteiger partial charge is 0.311 e. The van der Waals surface area contributed by atoms with Crippen LogP contribution in [0.15, 0.2) is 243 Å². The van der Waals surface area contributed by atoms with Gasteiger partial charge in [0.2, 0.25) is 0 Å². The predicted octanol–water partition coefficient (Wildman–Crippen LogP) is 21.5. The first-order valence-electron chi connectivity index (χ1n) is 31.3. The number of fused-ring (bicyclic) bond motifs is 3. The van der Waals surface area contributed by atoms with E-state index in [9.17, 15) is 0 Å². The third-order valence-corrected chi connectivity index (χ3v) is 17.1. The zero-order valence-corrected chi connectivity index (χ0v) is 53.7. The SMILES string of the molecule is CC(C)(C)c1ccc(N(c2ccc(-n3c4ccc(C(C)(C)C)cc4c4cc(C(C)(C)C)cc(-c5ccc(-c6nc(-c7ccccc7)nc(-c7ccccc7)n6)cc5-c5nc(-c6ccccc6)nc(-c6ccccc6)n5)c43)cc2)c2ccc(C(C)(C)C)cc2)cc1. The molecule has 3 aromatic heterocycles. The highest BCUT2D eigenvalue weighted by Crippen LogP contribution is 2.47. The quantitative estimate of drug-likeness (QED) is 0.128. The lowest BCUT2D eigenvalue weighted by atomic mass is 9.82. The van der Waals surface area contributed by atoms with E-state index in [1.807, 2.05) is 97.1 Å². The normalized spacial score (nSPS) is 12.2. The molecule has 444 valence electrons. The Balaban J connectivity index is 1.09. The Bertz CT molecular complexity index is 4570. The maximum atomic E-state index is 5.49. The fraction of sp³-hybridized carbons (Fsp3) is 0.195. The van der Waals surface area contributed by atoms with Gasteiger partial charge in [0.15, 0.2) is 34.9 Å². The Morgan fingerprint density at radius 1 is 0.267 bits per heavy atom. The molecule has 0 fully saturated rings. The van der Waals surface area contributed by atoms with Crippen LogP contribution < -0.4 is 4.90 Å². The van der Waals surface area contributed by atoms with Crippen LogP contribution in [0.25, 0.3) is 107 Å². The summed E-state index contributed by atoms with van der Waals surface area (Å²) in [5.41, 5.74) is 18.2. The van der Waals surface area contributed by atoms with Gasteiger partial charge in [-0.25, -0.2) is 29.9 Å². The number of anilines is 3. The Hall–Kier alpha value is -10.2. The molecular formula is C82H76N8. The van der Waals surface area contributed by atoms with Crippen LogP contribution in [0.4, 0.5) is 17.1 Å². The predicted molar refractivity (Wildman–Crippen MR) is 375 cm³/mol. The topological polar surface area (TPSA) is 85.5 Å². The minimum absolute atomic E-state index is 0.0133. The molecule has 0 bridgehead atoms. The molecule has 0 saturated carbocycles. The summed E-state index contributed by atoms with van der Waals surface area (Å²) in [6, 6.07) is 86.4. The average Bonchev–Trinajstić information content (AvgIpc) is 1.53. The summed E-state index contributed by atoms with van der Waals surface area (Å²) in [6.45, 7) is 27.4. The Morgan fingerprint density at radius 3 is 1.02 bits per heavy atom. The molecule has 0 saturated heterocycles. The van der Waals surface area contributed by atoms with Gasteiger partial charge in [0.1, 0.15) is 0 Å². The minimum Gasteiger partial charge on any atom is -0.311 e. The summed E-state index contributed by atoms with van der Waals surface area (Å²) in [6.07, 6.45) is 0. The van der Waals surface area contributed by atoms with Gasteiger partial charge in [-0.05, 0) is 128 Å². The van der Waals surface area contributed by atoms with Gasteiger partial charge in [-0.3, -0.25) is 0 Å². The third-order valence-electron chi connectivity index (χ3n) is 17.1. The Morgan fingerprint density at radius 2 is 0.622 bits per heavy atom. The molecular weight excluding hydrogens is 1100 g/mol. The zero-order chi connectivity index (χ0) is 62.7. The van der Waals surface area contributed by atoms with Crippen LogP contribution in [0.5, 0.6) is 0 Å². The second-order valence-corrected chi connectivity index (χ2v) is 27.8. The van der Waals surface area contributed by atoms with Crippen molar-refractivity contribution in [2.24, 2.45) is 0 Å². The van der Waals surface area contributed by atoms with Gasteiger partial charge in [-0.2, -0.15) is 0 Å². The van der Waals surface area contributed by atoms with Crippen molar-refractivity contribution in [2.75, 3.05) is 4.90 Å². The lowest BCUT2D eigenvalue weighted by Crippen LogP contribution is -2.14. The van der Waals surface area contributed by atoms with E-state index < -0.39 is 0 Å². The van der Waals surface area contributed by atoms with E-state index in [-0.39, 0.29) is 21.7 Å². The fourth-order valence-corrected chi connectivity index (χ4v) is 11.9. The molecule has 0 N–H and O–H groups in total. The lowest BCUT2D eigenvalue weighted by molar-refractivity contribution is 0.590. The van der Waals surface area contributed by atoms with Crippen LogP contribution in [-0.4, -0.2) is 34.5 Å². The number of hydrogen-bond acceptors (Lipinski definition) is 7. The fourth-order valence-electron chi connectivity index (χ4n) is 11.9. The molecule has 0 aliphatic rings. The zero-order valence-electron chi connectivity index (χ0n) is 53.7. The molecule has 0 spiro atoms. The molecule has 8 nitrogen and oxygen atoms in total. The number of rotatable bonds is 11. The molecule has 0 amide bonds. The first kappa shape index (κ1) is 58.8. The highest BCUT2D eigenvalue weighted by atomic mass is 15.1. The van der Waals surface area contributed by atoms with Gasteiger partial charge in [0, 0.05) is 72.5 Å². The molecule has 10 aromatic carbocycles. The summed E-state index contributed by atoms with van der Waals surface area (Å²) in [4.78, 5) is 34.2. The van der Waals surface area contributed by atoms with E-state index in [4.69, 9.17) is 29.9 Å². The molecule has 8 heteroatoms. The van der Waals surface area contributed by atoms with E-state index in [0.29, 0.717) is 34.9 Å². The monoisotopic (exact) mass is 1170 g/mol. The van der Waals surface area contributed by atoms with Crippen LogP contribution in [0.3, 0.4) is 0 Å². The van der Waals surface area contributed by atoms with Crippen molar-refractivity contribution < 1.29 is 0 Å². The van der Waals surface area contributed by atoms with Crippen LogP contribution in [0.1, 0.15) is 105 Å². The van der Waals surface area contributed by atoms with Crippen molar-refractivity contribution in [3.8, 4) is 85.1 Å². The molecule has 90 heavy (non-hydrogen) atoms. The molecule has 0 unspecified atom stereocenters. The lowest BCUT2D eigenvalue weighted by Gasteiger charge is -2.28. The molecule has 0 atom stereocenters. The summed E-state index contributed by atoms with van der Waals surface area (Å²) in [5, 5.41) is 2.33. The van der Waals surface area contributed by atoms with Crippen LogP contribution in [0, 0.1) is 0 Å². The third kappa shape index (κ3) is 11.7. The molecule has 13 aromatic rings. The standard InChI is InChI=1S/C82H76N8/c1-79(2,3)58-34-39-62(40-35-58)89(63-41-36-59(37-42-63)80(4,5)6)64-43-45-65(46-44-64)90-71-48-38-60(81(7,8)9)50-67(71)69-52-61(82(10,11)12)51-68(72(69)90)66-47-33-57(77-85-73(53-25-17-13-18-26-53)83-74(86-77)54-27-19-14-20-28-54)49-70(66)78-87-75(55-29-21-15-22-30-55)84-76(88-78)56-31-23-16-24-32-56/h13-52H,1-12H3. The molecule has 3 heterocycles. The molecule has 13 rings (SSSR count). The van der Waals surface area contributed by atoms with Gasteiger partial charge in [-0.15, -0.1) is 0 Å². The van der Waals surface area contributed by atoms with Crippen molar-refractivity contribution in [3.05, 3.63) is 265 Å². The summed E-state index contributed by atoms with van der Waals surface area (Å²) in [7, 11) is 0. The van der Waals surface area contributed by atoms with Crippen molar-refractivity contribution >= 4 is 38.9 Å². The number of aromatic nitrogens is 7. The van der Waals surface area contributed by atoms with Gasteiger partial charge in [-0.1, -0.05) is 247 Å². The van der Waals surface area contributed by atoms with Gasteiger partial charge in [0.05, 0.1) is 11.0 Å². The van der Waals surface area contributed by atoms with Gasteiger partial charge < -0.3 is 9.47 Å². The number of benzene rings is 10. The number of nitrogens with zero attached hydrogens (tertiary/aromatic N) is 8. The van der Waals surface area contributed by atoms with Gasteiger partial charge in [0.25, 0.3) is 0 Å². The Kier molecular flexibility index (Phi) is 15.1. The van der Waals surface area contributed by atoms with Crippen LogP contribution in [0.2, 0.25) is 0 Å². The highest BCUT2D eigenvalue weighted by Gasteiger charge is 2.28. The Labute approximate surface area is 530 Å². The molecule has 0 radical (unpaired) electrons. The van der Waals surface area contributed by atoms with Crippen molar-refractivity contribution in [2.45, 2.75) is 105 Å². The van der Waals surface area contributed by atoms with E-state index in [1.165, 1.54) is 27.6 Å². The first-order chi connectivity index (χ1) is 43.1. The van der Waals surface area contributed by atoms with Crippen molar-refractivity contribution in [3.63, 3.8) is 0 Å². The van der Waals surface area contributed by atoms with E-state index in [2.05, 4.69) is 238 Å². The summed E-state index contributed by atoms with van der Waals surface area (Å²) >= 11 is 0. The maximum absolute atomic E-state index is 5.49. The van der Waals surface area contributed by atoms with Crippen molar-refractivity contribution in [1.29, 1.82) is 0 Å². The summed E-state index contributed by atoms with van der Waals surface area (Å²) < 4.78 is 2.48. The highest BCUT2D eigenvalue weighted by molar-refractivity contribution is 6.15. The van der Waals surface area contributed by atoms with E-state index in [1.54, 1.807) is 0 Å². The average molecular weight is 1170 g/mol. The summed E-state index contributed by atoms with van der Waals surface area (Å²) in [5.74, 6) is 3.33. The van der Waals surface area contributed by atoms with E-state index >= 15 is 0 Å². The van der Waals surface area contributed by atoms with E-state index in [0.717, 1.165) is 83.7 Å². The van der Waals surface area contributed by atoms with Crippen molar-refractivity contribution in [1.82, 2.24) is 34.5 Å². The first-order valence-corrected chi connectivity index (χ1v) is 31.3. The molecule has 0 aliphatic carbocycles. The smallest absolute Gasteiger partial charge is 0.164 e. The number of hydrogen-bond donors (Lipinski definition) is 0.